The van der Waals surface area contributed by atoms with Gasteiger partial charge in [-0.05, 0) is 31.0 Å². The first-order chi connectivity index (χ1) is 12.5. The minimum absolute atomic E-state index is 0. The first kappa shape index (κ1) is 21.9. The van der Waals surface area contributed by atoms with Crippen LogP contribution in [0.15, 0.2) is 23.1 Å². The van der Waals surface area contributed by atoms with Crippen molar-refractivity contribution in [2.45, 2.75) is 30.6 Å². The molecule has 0 aromatic heterocycles. The highest BCUT2D eigenvalue weighted by Crippen LogP contribution is 2.27. The van der Waals surface area contributed by atoms with Crippen molar-refractivity contribution in [2.24, 2.45) is 0 Å². The van der Waals surface area contributed by atoms with Crippen molar-refractivity contribution < 1.29 is 17.9 Å². The third-order valence-corrected chi connectivity index (χ3v) is 6.90. The van der Waals surface area contributed by atoms with Gasteiger partial charge < -0.3 is 15.0 Å². The second-order valence-electron chi connectivity index (χ2n) is 6.72. The molecule has 7 nitrogen and oxygen atoms in total. The molecular weight excluding hydrogens is 390 g/mol. The Balaban J connectivity index is 0.00000261. The van der Waals surface area contributed by atoms with Gasteiger partial charge in [-0.3, -0.25) is 4.79 Å². The van der Waals surface area contributed by atoms with Crippen molar-refractivity contribution in [2.75, 3.05) is 46.4 Å². The third-order valence-electron chi connectivity index (χ3n) is 5.01. The van der Waals surface area contributed by atoms with Crippen LogP contribution in [0.2, 0.25) is 0 Å². The number of nitrogens with one attached hydrogen (secondary N) is 1. The van der Waals surface area contributed by atoms with Crippen molar-refractivity contribution >= 4 is 28.3 Å². The molecule has 2 aliphatic heterocycles. The van der Waals surface area contributed by atoms with Crippen LogP contribution < -0.4 is 10.1 Å². The minimum atomic E-state index is -3.60. The zero-order valence-electron chi connectivity index (χ0n) is 15.6. The summed E-state index contributed by atoms with van der Waals surface area (Å²) in [7, 11) is -2.11. The number of ether oxygens (including phenoxy) is 1. The van der Waals surface area contributed by atoms with E-state index in [9.17, 15) is 13.2 Å². The Labute approximate surface area is 167 Å². The van der Waals surface area contributed by atoms with Crippen LogP contribution in [0.5, 0.6) is 5.75 Å². The Morgan fingerprint density at radius 2 is 1.67 bits per heavy atom. The van der Waals surface area contributed by atoms with Crippen LogP contribution in [-0.4, -0.2) is 69.9 Å². The molecule has 1 aromatic carbocycles. The number of sulfonamides is 1. The van der Waals surface area contributed by atoms with Crippen molar-refractivity contribution in [3.8, 4) is 5.75 Å². The number of carbonyl (C=O) groups excluding carboxylic acids is 1. The molecule has 2 aliphatic rings. The number of benzene rings is 1. The van der Waals surface area contributed by atoms with E-state index in [1.807, 2.05) is 0 Å². The summed E-state index contributed by atoms with van der Waals surface area (Å²) in [4.78, 5) is 14.8. The number of hydrogen-bond acceptors (Lipinski definition) is 5. The molecule has 2 saturated heterocycles. The normalized spacial score (nSPS) is 19.1. The molecule has 27 heavy (non-hydrogen) atoms. The number of carbonyl (C=O) groups is 1. The summed E-state index contributed by atoms with van der Waals surface area (Å²) in [5.74, 6) is 0.222. The Kier molecular flexibility index (Phi) is 7.91. The second-order valence-corrected chi connectivity index (χ2v) is 8.66. The lowest BCUT2D eigenvalue weighted by Gasteiger charge is -2.28. The maximum Gasteiger partial charge on any atom is 0.257 e. The number of hydrogen-bond donors (Lipinski definition) is 1. The predicted molar refractivity (Wildman–Crippen MR) is 106 cm³/mol. The molecule has 2 heterocycles. The highest BCUT2D eigenvalue weighted by molar-refractivity contribution is 7.89. The third kappa shape index (κ3) is 4.93. The van der Waals surface area contributed by atoms with Gasteiger partial charge in [-0.1, -0.05) is 12.8 Å². The molecule has 9 heteroatoms. The van der Waals surface area contributed by atoms with Crippen LogP contribution in [0.3, 0.4) is 0 Å². The Morgan fingerprint density at radius 3 is 2.26 bits per heavy atom. The number of nitrogens with zero attached hydrogens (tertiary/aromatic N) is 2. The van der Waals surface area contributed by atoms with Crippen molar-refractivity contribution in [3.63, 3.8) is 0 Å². The van der Waals surface area contributed by atoms with Crippen LogP contribution in [0, 0.1) is 0 Å². The van der Waals surface area contributed by atoms with E-state index in [1.54, 1.807) is 15.3 Å². The maximum atomic E-state index is 13.0. The topological polar surface area (TPSA) is 79.0 Å². The van der Waals surface area contributed by atoms with E-state index in [0.717, 1.165) is 38.8 Å². The molecule has 0 bridgehead atoms. The van der Waals surface area contributed by atoms with E-state index in [0.29, 0.717) is 37.5 Å². The average molecular weight is 418 g/mol. The molecule has 0 radical (unpaired) electrons. The summed E-state index contributed by atoms with van der Waals surface area (Å²) in [5, 5.41) is 3.21. The highest BCUT2D eigenvalue weighted by atomic mass is 35.5. The predicted octanol–water partition coefficient (Wildman–Crippen LogP) is 1.73. The molecule has 1 amide bonds. The summed E-state index contributed by atoms with van der Waals surface area (Å²) in [6, 6.07) is 4.59. The van der Waals surface area contributed by atoms with Gasteiger partial charge in [0.25, 0.3) is 5.91 Å². The van der Waals surface area contributed by atoms with Crippen LogP contribution in [0.25, 0.3) is 0 Å². The molecular formula is C18H28ClN3O4S. The number of piperazine rings is 1. The van der Waals surface area contributed by atoms with E-state index >= 15 is 0 Å². The molecule has 0 saturated carbocycles. The van der Waals surface area contributed by atoms with E-state index in [-0.39, 0.29) is 23.2 Å². The van der Waals surface area contributed by atoms with Crippen molar-refractivity contribution in [3.05, 3.63) is 23.8 Å². The molecule has 0 unspecified atom stereocenters. The lowest BCUT2D eigenvalue weighted by atomic mass is 10.1. The van der Waals surface area contributed by atoms with Gasteiger partial charge in [0.15, 0.2) is 0 Å². The van der Waals surface area contributed by atoms with Crippen LogP contribution >= 0.6 is 12.4 Å². The van der Waals surface area contributed by atoms with E-state index < -0.39 is 10.0 Å². The van der Waals surface area contributed by atoms with E-state index in [1.165, 1.54) is 19.2 Å². The number of halogens is 1. The van der Waals surface area contributed by atoms with Crippen molar-refractivity contribution in [1.29, 1.82) is 0 Å². The zero-order valence-corrected chi connectivity index (χ0v) is 17.3. The molecule has 3 rings (SSSR count). The zero-order chi connectivity index (χ0) is 18.6. The molecule has 1 N–H and O–H groups in total. The van der Waals surface area contributed by atoms with Gasteiger partial charge in [-0.15, -0.1) is 12.4 Å². The van der Waals surface area contributed by atoms with Crippen molar-refractivity contribution in [1.82, 2.24) is 14.5 Å². The summed E-state index contributed by atoms with van der Waals surface area (Å²) in [6.07, 6.45) is 3.87. The van der Waals surface area contributed by atoms with Gasteiger partial charge in [-0.2, -0.15) is 4.31 Å². The fraction of sp³-hybridized carbons (Fsp3) is 0.611. The lowest BCUT2D eigenvalue weighted by molar-refractivity contribution is 0.0732. The number of methoxy groups -OCH3 is 1. The largest absolute Gasteiger partial charge is 0.496 e. The van der Waals surface area contributed by atoms with Crippen LogP contribution in [0.1, 0.15) is 36.0 Å². The van der Waals surface area contributed by atoms with Crippen LogP contribution in [0.4, 0.5) is 0 Å². The minimum Gasteiger partial charge on any atom is -0.496 e. The smallest absolute Gasteiger partial charge is 0.257 e. The molecule has 1 aromatic rings. The summed E-state index contributed by atoms with van der Waals surface area (Å²) in [6.45, 7) is 3.75. The SMILES string of the molecule is COc1ccc(S(=O)(=O)N2CCCCCC2)cc1C(=O)N1CCNCC1.Cl. The average Bonchev–Trinajstić information content (AvgIpc) is 2.97. The van der Waals surface area contributed by atoms with Gasteiger partial charge in [-0.25, -0.2) is 8.42 Å². The fourth-order valence-electron chi connectivity index (χ4n) is 3.48. The summed E-state index contributed by atoms with van der Waals surface area (Å²) < 4.78 is 32.9. The standard InChI is InChI=1S/C18H27N3O4S.ClH/c1-25-17-7-6-15(26(23,24)21-10-4-2-3-5-11-21)14-16(17)18(22)20-12-8-19-9-13-20;/h6-7,14,19H,2-5,8-13H2,1H3;1H. The number of amides is 1. The molecule has 0 aliphatic carbocycles. The van der Waals surface area contributed by atoms with Gasteiger partial charge in [0.1, 0.15) is 5.75 Å². The first-order valence-corrected chi connectivity index (χ1v) is 10.7. The Hall–Kier alpha value is -1.35. The lowest BCUT2D eigenvalue weighted by Crippen LogP contribution is -2.46. The monoisotopic (exact) mass is 417 g/mol. The van der Waals surface area contributed by atoms with Crippen LogP contribution in [-0.2, 0) is 10.0 Å². The Bertz CT molecular complexity index is 743. The first-order valence-electron chi connectivity index (χ1n) is 9.22. The molecule has 2 fully saturated rings. The quantitative estimate of drug-likeness (QED) is 0.807. The second kappa shape index (κ2) is 9.73. The molecule has 0 spiro atoms. The van der Waals surface area contributed by atoms with E-state index in [4.69, 9.17) is 4.74 Å². The Morgan fingerprint density at radius 1 is 1.04 bits per heavy atom. The fourth-order valence-corrected chi connectivity index (χ4v) is 5.03. The van der Waals surface area contributed by atoms with Gasteiger partial charge in [0.05, 0.1) is 17.6 Å². The van der Waals surface area contributed by atoms with Gasteiger partial charge in [0.2, 0.25) is 10.0 Å². The molecule has 0 atom stereocenters. The molecule has 152 valence electrons. The van der Waals surface area contributed by atoms with Gasteiger partial charge in [0, 0.05) is 39.3 Å². The summed E-state index contributed by atoms with van der Waals surface area (Å²) in [5.41, 5.74) is 0.310. The van der Waals surface area contributed by atoms with Gasteiger partial charge >= 0.3 is 0 Å². The number of rotatable bonds is 4. The van der Waals surface area contributed by atoms with E-state index in [2.05, 4.69) is 5.32 Å². The highest BCUT2D eigenvalue weighted by Gasteiger charge is 2.28. The maximum absolute atomic E-state index is 13.0. The summed E-state index contributed by atoms with van der Waals surface area (Å²) >= 11 is 0.